The molecule has 2 heterocycles. The van der Waals surface area contributed by atoms with Gasteiger partial charge in [-0.05, 0) is 13.3 Å². The molecule has 1 saturated heterocycles. The zero-order valence-corrected chi connectivity index (χ0v) is 15.5. The molecule has 0 aromatic rings. The topological polar surface area (TPSA) is 85.2 Å². The Morgan fingerprint density at radius 2 is 1.64 bits per heavy atom. The van der Waals surface area contributed by atoms with Gasteiger partial charge in [-0.1, -0.05) is 58.3 Å². The third kappa shape index (κ3) is 5.61. The second-order valence-corrected chi connectivity index (χ2v) is 7.24. The molecule has 1 fully saturated rings. The summed E-state index contributed by atoms with van der Waals surface area (Å²) in [7, 11) is 0. The summed E-state index contributed by atoms with van der Waals surface area (Å²) in [5.41, 5.74) is 0. The van der Waals surface area contributed by atoms with Crippen LogP contribution >= 0.6 is 0 Å². The quantitative estimate of drug-likeness (QED) is 0.424. The van der Waals surface area contributed by atoms with Crippen LogP contribution in [0.15, 0.2) is 11.5 Å². The molecule has 0 bridgehead atoms. The molecule has 2 rings (SSSR count). The normalized spacial score (nSPS) is 29.4. The monoisotopic (exact) mass is 356 g/mol. The van der Waals surface area contributed by atoms with Crippen molar-refractivity contribution >= 4 is 5.97 Å². The zero-order valence-electron chi connectivity index (χ0n) is 15.5. The SMILES string of the molecule is CCCCCCCCCCCC1(C)OCC(C2OC(=O)C(O)=C2O)O1. The lowest BCUT2D eigenvalue weighted by atomic mass is 10.0. The van der Waals surface area contributed by atoms with Gasteiger partial charge in [0.05, 0.1) is 6.61 Å². The van der Waals surface area contributed by atoms with E-state index >= 15 is 0 Å². The molecule has 2 aliphatic rings. The Labute approximate surface area is 150 Å². The second-order valence-electron chi connectivity index (χ2n) is 7.24. The van der Waals surface area contributed by atoms with Crippen molar-refractivity contribution in [1.29, 1.82) is 0 Å². The van der Waals surface area contributed by atoms with Crippen molar-refractivity contribution in [3.63, 3.8) is 0 Å². The Morgan fingerprint density at radius 1 is 1.04 bits per heavy atom. The molecule has 0 aromatic heterocycles. The first kappa shape index (κ1) is 20.0. The van der Waals surface area contributed by atoms with E-state index in [1.807, 2.05) is 6.92 Å². The van der Waals surface area contributed by atoms with E-state index in [1.165, 1.54) is 44.9 Å². The van der Waals surface area contributed by atoms with E-state index in [9.17, 15) is 15.0 Å². The van der Waals surface area contributed by atoms with Crippen LogP contribution in [0.3, 0.4) is 0 Å². The minimum atomic E-state index is -0.975. The number of hydrogen-bond donors (Lipinski definition) is 2. The first-order chi connectivity index (χ1) is 12.0. The third-order valence-corrected chi connectivity index (χ3v) is 4.97. The van der Waals surface area contributed by atoms with Crippen LogP contribution in [0.4, 0.5) is 0 Å². The summed E-state index contributed by atoms with van der Waals surface area (Å²) in [5.74, 6) is -2.85. The van der Waals surface area contributed by atoms with Crippen LogP contribution in [0.1, 0.15) is 78.1 Å². The van der Waals surface area contributed by atoms with Crippen molar-refractivity contribution in [3.05, 3.63) is 11.5 Å². The van der Waals surface area contributed by atoms with E-state index in [0.29, 0.717) is 0 Å². The molecule has 3 atom stereocenters. The van der Waals surface area contributed by atoms with Gasteiger partial charge in [0.2, 0.25) is 5.76 Å². The smallest absolute Gasteiger partial charge is 0.377 e. The fourth-order valence-corrected chi connectivity index (χ4v) is 3.40. The van der Waals surface area contributed by atoms with E-state index in [1.54, 1.807) is 0 Å². The molecule has 2 aliphatic heterocycles. The largest absolute Gasteiger partial charge is 0.505 e. The van der Waals surface area contributed by atoms with Gasteiger partial charge < -0.3 is 24.4 Å². The van der Waals surface area contributed by atoms with Crippen LogP contribution in [0, 0.1) is 0 Å². The number of carbonyl (C=O) groups is 1. The standard InChI is InChI=1S/C19H32O6/c1-3-4-5-6-7-8-9-10-11-12-19(2)23-13-14(25-19)17-15(20)16(21)18(22)24-17/h14,17,20-21H,3-13H2,1-2H3. The van der Waals surface area contributed by atoms with Gasteiger partial charge in [0.15, 0.2) is 17.7 Å². The predicted molar refractivity (Wildman–Crippen MR) is 93.2 cm³/mol. The van der Waals surface area contributed by atoms with Crippen molar-refractivity contribution in [3.8, 4) is 0 Å². The van der Waals surface area contributed by atoms with Crippen LogP contribution < -0.4 is 0 Å². The van der Waals surface area contributed by atoms with Crippen LogP contribution in [0.25, 0.3) is 0 Å². The molecule has 0 amide bonds. The summed E-state index contributed by atoms with van der Waals surface area (Å²) >= 11 is 0. The molecule has 0 aliphatic carbocycles. The van der Waals surface area contributed by atoms with Crippen LogP contribution in [0.5, 0.6) is 0 Å². The first-order valence-corrected chi connectivity index (χ1v) is 9.61. The van der Waals surface area contributed by atoms with Gasteiger partial charge in [0.1, 0.15) is 6.10 Å². The first-order valence-electron chi connectivity index (χ1n) is 9.61. The summed E-state index contributed by atoms with van der Waals surface area (Å²) < 4.78 is 16.5. The molecule has 0 spiro atoms. The number of hydrogen-bond acceptors (Lipinski definition) is 6. The average molecular weight is 356 g/mol. The van der Waals surface area contributed by atoms with Crippen LogP contribution in [-0.2, 0) is 19.0 Å². The maximum Gasteiger partial charge on any atom is 0.377 e. The molecule has 2 N–H and O–H groups in total. The van der Waals surface area contributed by atoms with Crippen molar-refractivity contribution < 1.29 is 29.2 Å². The lowest BCUT2D eigenvalue weighted by Crippen LogP contribution is -2.33. The maximum atomic E-state index is 11.3. The molecule has 0 saturated carbocycles. The van der Waals surface area contributed by atoms with E-state index in [4.69, 9.17) is 14.2 Å². The summed E-state index contributed by atoms with van der Waals surface area (Å²) in [6.07, 6.45) is 10.5. The zero-order chi connectivity index (χ0) is 18.3. The van der Waals surface area contributed by atoms with E-state index in [-0.39, 0.29) is 6.61 Å². The Kier molecular flexibility index (Phi) is 7.56. The van der Waals surface area contributed by atoms with Crippen molar-refractivity contribution in [2.24, 2.45) is 0 Å². The van der Waals surface area contributed by atoms with Gasteiger partial charge in [0, 0.05) is 6.42 Å². The predicted octanol–water partition coefficient (Wildman–Crippen LogP) is 4.29. The highest BCUT2D eigenvalue weighted by Gasteiger charge is 2.47. The fourth-order valence-electron chi connectivity index (χ4n) is 3.40. The maximum absolute atomic E-state index is 11.3. The Hall–Kier alpha value is -1.27. The molecule has 3 unspecified atom stereocenters. The van der Waals surface area contributed by atoms with E-state index < -0.39 is 35.5 Å². The Balaban J connectivity index is 1.61. The number of rotatable bonds is 11. The van der Waals surface area contributed by atoms with Crippen molar-refractivity contribution in [1.82, 2.24) is 0 Å². The molecule has 6 nitrogen and oxygen atoms in total. The highest BCUT2D eigenvalue weighted by Crippen LogP contribution is 2.34. The molecule has 0 aromatic carbocycles. The number of ether oxygens (including phenoxy) is 3. The van der Waals surface area contributed by atoms with E-state index in [0.717, 1.165) is 19.3 Å². The van der Waals surface area contributed by atoms with Crippen LogP contribution in [-0.4, -0.2) is 40.8 Å². The molecular formula is C19H32O6. The number of aliphatic hydroxyl groups is 2. The minimum absolute atomic E-state index is 0.225. The molecule has 144 valence electrons. The van der Waals surface area contributed by atoms with Gasteiger partial charge in [-0.15, -0.1) is 0 Å². The Morgan fingerprint density at radius 3 is 2.20 bits per heavy atom. The summed E-state index contributed by atoms with van der Waals surface area (Å²) in [6.45, 7) is 4.33. The number of unbranched alkanes of at least 4 members (excludes halogenated alkanes) is 8. The van der Waals surface area contributed by atoms with E-state index in [2.05, 4.69) is 6.92 Å². The number of esters is 1. The second kappa shape index (κ2) is 9.43. The van der Waals surface area contributed by atoms with Crippen molar-refractivity contribution in [2.75, 3.05) is 6.61 Å². The minimum Gasteiger partial charge on any atom is -0.505 e. The van der Waals surface area contributed by atoms with Gasteiger partial charge in [0.25, 0.3) is 0 Å². The molecule has 0 radical (unpaired) electrons. The fraction of sp³-hybridized carbons (Fsp3) is 0.842. The third-order valence-electron chi connectivity index (χ3n) is 4.97. The highest BCUT2D eigenvalue weighted by molar-refractivity contribution is 5.89. The van der Waals surface area contributed by atoms with Gasteiger partial charge in [-0.2, -0.15) is 0 Å². The molecule has 6 heteroatoms. The summed E-state index contributed by atoms with van der Waals surface area (Å²) in [4.78, 5) is 11.3. The number of aliphatic hydroxyl groups excluding tert-OH is 2. The van der Waals surface area contributed by atoms with Crippen LogP contribution in [0.2, 0.25) is 0 Å². The highest BCUT2D eigenvalue weighted by atomic mass is 16.8. The van der Waals surface area contributed by atoms with Crippen molar-refractivity contribution in [2.45, 2.75) is 96.1 Å². The molecular weight excluding hydrogens is 324 g/mol. The summed E-state index contributed by atoms with van der Waals surface area (Å²) in [5, 5.41) is 19.1. The van der Waals surface area contributed by atoms with Gasteiger partial charge in [-0.25, -0.2) is 4.79 Å². The molecule has 25 heavy (non-hydrogen) atoms. The van der Waals surface area contributed by atoms with Gasteiger partial charge in [-0.3, -0.25) is 0 Å². The lowest BCUT2D eigenvalue weighted by molar-refractivity contribution is -0.175. The number of carbonyl (C=O) groups excluding carboxylic acids is 1. The Bertz CT molecular complexity index is 475. The van der Waals surface area contributed by atoms with Gasteiger partial charge >= 0.3 is 5.97 Å². The summed E-state index contributed by atoms with van der Waals surface area (Å²) in [6, 6.07) is 0. The average Bonchev–Trinajstić information content (AvgIpc) is 3.09. The lowest BCUT2D eigenvalue weighted by Gasteiger charge is -2.24. The number of cyclic esters (lactones) is 1.